The van der Waals surface area contributed by atoms with E-state index in [-0.39, 0.29) is 11.0 Å². The zero-order valence-electron chi connectivity index (χ0n) is 4.78. The highest BCUT2D eigenvalue weighted by Crippen LogP contribution is 2.15. The lowest BCUT2D eigenvalue weighted by Crippen LogP contribution is -1.77. The topological polar surface area (TPSA) is 55.2 Å². The van der Waals surface area contributed by atoms with Crippen LogP contribution in [0.25, 0.3) is 0 Å². The van der Waals surface area contributed by atoms with Crippen LogP contribution in [0.5, 0.6) is 0 Å². The highest BCUT2D eigenvalue weighted by Gasteiger charge is 1.96. The molecule has 1 heterocycles. The van der Waals surface area contributed by atoms with Crippen molar-refractivity contribution in [1.29, 1.82) is 0 Å². The number of aliphatic imine (C=N–C) groups is 1. The number of carbonyl (C=O) groups excluding carboxylic acids is 1. The third kappa shape index (κ3) is 1.37. The lowest BCUT2D eigenvalue weighted by atomic mass is 10.7. The Bertz CT molecular complexity index is 282. The minimum atomic E-state index is 0.0965. The molecule has 1 rings (SSSR count). The molecule has 0 aliphatic rings. The normalized spacial score (nSPS) is 8.50. The Kier molecular flexibility index (Phi) is 2.10. The van der Waals surface area contributed by atoms with Crippen molar-refractivity contribution in [3.8, 4) is 0 Å². The Morgan fingerprint density at radius 1 is 1.50 bits per heavy atom. The summed E-state index contributed by atoms with van der Waals surface area (Å²) < 4.78 is 0. The molecule has 0 bridgehead atoms. The van der Waals surface area contributed by atoms with Crippen LogP contribution in [0.4, 0.5) is 5.82 Å². The first-order valence-electron chi connectivity index (χ1n) is 2.39. The number of rotatable bonds is 1. The molecular weight excluding hydrogens is 154 g/mol. The molecule has 1 aromatic rings. The Morgan fingerprint density at radius 2 is 2.20 bits per heavy atom. The maximum atomic E-state index is 9.71. The average molecular weight is 156 g/mol. The Morgan fingerprint density at radius 3 is 2.80 bits per heavy atom. The summed E-state index contributed by atoms with van der Waals surface area (Å²) in [7, 11) is 0. The summed E-state index contributed by atoms with van der Waals surface area (Å²) in [5, 5.41) is 0.103. The van der Waals surface area contributed by atoms with Crippen LogP contribution in [-0.2, 0) is 4.79 Å². The molecule has 0 radical (unpaired) electrons. The van der Waals surface area contributed by atoms with Crippen molar-refractivity contribution in [1.82, 2.24) is 9.97 Å². The highest BCUT2D eigenvalue weighted by molar-refractivity contribution is 6.31. The van der Waals surface area contributed by atoms with E-state index in [1.165, 1.54) is 18.5 Å². The van der Waals surface area contributed by atoms with Crippen LogP contribution in [0.2, 0.25) is 5.15 Å². The molecule has 0 amide bonds. The lowest BCUT2D eigenvalue weighted by Gasteiger charge is -1.88. The summed E-state index contributed by atoms with van der Waals surface area (Å²) >= 11 is 5.46. The maximum Gasteiger partial charge on any atom is 0.242 e. The van der Waals surface area contributed by atoms with Crippen LogP contribution in [0, 0.1) is 0 Å². The van der Waals surface area contributed by atoms with Gasteiger partial charge in [0.1, 0.15) is 0 Å². The van der Waals surface area contributed by atoms with E-state index in [2.05, 4.69) is 15.0 Å². The zero-order valence-corrected chi connectivity index (χ0v) is 5.54. The maximum absolute atomic E-state index is 9.71. The molecule has 0 aliphatic heterocycles. The largest absolute Gasteiger partial charge is 0.242 e. The number of hydrogen-bond acceptors (Lipinski definition) is 4. The van der Waals surface area contributed by atoms with Gasteiger partial charge >= 0.3 is 0 Å². The third-order valence-corrected chi connectivity index (χ3v) is 1.05. The van der Waals surface area contributed by atoms with Gasteiger partial charge in [0.2, 0.25) is 11.9 Å². The lowest BCUT2D eigenvalue weighted by molar-refractivity contribution is 0.565. The van der Waals surface area contributed by atoms with Crippen molar-refractivity contribution in [3.63, 3.8) is 0 Å². The molecule has 0 saturated carbocycles. The van der Waals surface area contributed by atoms with Crippen LogP contribution in [0.1, 0.15) is 0 Å². The summed E-state index contributed by atoms with van der Waals surface area (Å²) in [4.78, 5) is 20.2. The van der Waals surface area contributed by atoms with Crippen molar-refractivity contribution in [2.75, 3.05) is 0 Å². The first kappa shape index (κ1) is 6.86. The third-order valence-electron chi connectivity index (χ3n) is 0.787. The van der Waals surface area contributed by atoms with E-state index in [4.69, 9.17) is 11.6 Å². The molecular formula is C5H2ClN3O. The van der Waals surface area contributed by atoms with E-state index in [0.29, 0.717) is 0 Å². The summed E-state index contributed by atoms with van der Waals surface area (Å²) in [6.45, 7) is 0. The van der Waals surface area contributed by atoms with E-state index in [1.54, 1.807) is 0 Å². The summed E-state index contributed by atoms with van der Waals surface area (Å²) in [5.74, 6) is 0.0965. The van der Waals surface area contributed by atoms with Gasteiger partial charge in [0, 0.05) is 12.4 Å². The van der Waals surface area contributed by atoms with Gasteiger partial charge in [-0.05, 0) is 0 Å². The fraction of sp³-hybridized carbons (Fsp3) is 0. The summed E-state index contributed by atoms with van der Waals surface area (Å²) in [6.07, 6.45) is 4.11. The van der Waals surface area contributed by atoms with E-state index in [9.17, 15) is 4.79 Å². The molecule has 1 aromatic heterocycles. The molecule has 10 heavy (non-hydrogen) atoms. The van der Waals surface area contributed by atoms with Gasteiger partial charge in [-0.25, -0.2) is 14.8 Å². The van der Waals surface area contributed by atoms with Gasteiger partial charge in [-0.2, -0.15) is 0 Å². The molecule has 0 fully saturated rings. The smallest absolute Gasteiger partial charge is 0.239 e. The van der Waals surface area contributed by atoms with Crippen molar-refractivity contribution in [3.05, 3.63) is 17.5 Å². The van der Waals surface area contributed by atoms with E-state index in [1.807, 2.05) is 0 Å². The molecule has 0 atom stereocenters. The van der Waals surface area contributed by atoms with Crippen LogP contribution in [0.3, 0.4) is 0 Å². The van der Waals surface area contributed by atoms with Crippen molar-refractivity contribution in [2.45, 2.75) is 0 Å². The molecule has 5 heteroatoms. The molecule has 0 N–H and O–H groups in total. The molecule has 0 aliphatic carbocycles. The Balaban J connectivity index is 3.14. The number of nitrogens with zero attached hydrogens (tertiary/aromatic N) is 3. The molecule has 50 valence electrons. The number of aromatic nitrogens is 2. The SMILES string of the molecule is O=C=Nc1nccnc1Cl. The number of halogens is 1. The summed E-state index contributed by atoms with van der Waals surface area (Å²) in [6, 6.07) is 0. The van der Waals surface area contributed by atoms with E-state index >= 15 is 0 Å². The standard InChI is InChI=1S/C5H2ClN3O/c6-4-5(9-3-10)8-2-1-7-4/h1-2H. The van der Waals surface area contributed by atoms with Crippen molar-refractivity contribution in [2.24, 2.45) is 4.99 Å². The van der Waals surface area contributed by atoms with E-state index < -0.39 is 0 Å². The number of hydrogen-bond donors (Lipinski definition) is 0. The first-order chi connectivity index (χ1) is 4.84. The van der Waals surface area contributed by atoms with Crippen LogP contribution >= 0.6 is 11.6 Å². The molecule has 0 unspecified atom stereocenters. The second-order valence-corrected chi connectivity index (χ2v) is 1.73. The van der Waals surface area contributed by atoms with Crippen LogP contribution in [-0.4, -0.2) is 16.0 Å². The molecule has 0 saturated heterocycles. The highest BCUT2D eigenvalue weighted by atomic mass is 35.5. The van der Waals surface area contributed by atoms with Gasteiger partial charge in [-0.15, -0.1) is 4.99 Å². The fourth-order valence-corrected chi connectivity index (χ4v) is 0.579. The van der Waals surface area contributed by atoms with Crippen LogP contribution in [0.15, 0.2) is 17.4 Å². The van der Waals surface area contributed by atoms with Crippen molar-refractivity contribution < 1.29 is 4.79 Å². The van der Waals surface area contributed by atoms with Gasteiger partial charge in [0.15, 0.2) is 5.15 Å². The Labute approximate surface area is 61.6 Å². The van der Waals surface area contributed by atoms with Crippen LogP contribution < -0.4 is 0 Å². The van der Waals surface area contributed by atoms with Gasteiger partial charge in [-0.3, -0.25) is 0 Å². The Hall–Kier alpha value is -1.25. The molecule has 4 nitrogen and oxygen atoms in total. The second-order valence-electron chi connectivity index (χ2n) is 1.37. The molecule has 0 aromatic carbocycles. The van der Waals surface area contributed by atoms with Gasteiger partial charge in [-0.1, -0.05) is 11.6 Å². The zero-order chi connectivity index (χ0) is 7.40. The average Bonchev–Trinajstić information content (AvgIpc) is 1.94. The van der Waals surface area contributed by atoms with Crippen molar-refractivity contribution >= 4 is 23.5 Å². The summed E-state index contributed by atoms with van der Waals surface area (Å²) in [5.41, 5.74) is 0. The predicted octanol–water partition coefficient (Wildman–Crippen LogP) is 1.10. The second kappa shape index (κ2) is 3.06. The fourth-order valence-electron chi connectivity index (χ4n) is 0.432. The molecule has 0 spiro atoms. The van der Waals surface area contributed by atoms with Gasteiger partial charge in [0.05, 0.1) is 0 Å². The van der Waals surface area contributed by atoms with Gasteiger partial charge in [0.25, 0.3) is 0 Å². The van der Waals surface area contributed by atoms with Gasteiger partial charge < -0.3 is 0 Å². The minimum Gasteiger partial charge on any atom is -0.239 e. The minimum absolute atomic E-state index is 0.0965. The predicted molar refractivity (Wildman–Crippen MR) is 34.8 cm³/mol. The van der Waals surface area contributed by atoms with E-state index in [0.717, 1.165) is 0 Å². The quantitative estimate of drug-likeness (QED) is 0.451. The monoisotopic (exact) mass is 155 g/mol. The number of isocyanates is 1. The first-order valence-corrected chi connectivity index (χ1v) is 2.77.